The highest BCUT2D eigenvalue weighted by atomic mass is 32.2. The summed E-state index contributed by atoms with van der Waals surface area (Å²) < 4.78 is 26.0. The molecule has 112 valence electrons. The highest BCUT2D eigenvalue weighted by Crippen LogP contribution is 2.23. The van der Waals surface area contributed by atoms with Gasteiger partial charge in [0.15, 0.2) is 0 Å². The number of rotatable bonds is 4. The number of nitrogens with zero attached hydrogens (tertiary/aromatic N) is 5. The molecule has 0 fully saturated rings. The number of aromatic nitrogens is 2. The number of nitrogens with one attached hydrogen (secondary N) is 2. The van der Waals surface area contributed by atoms with E-state index in [0.29, 0.717) is 0 Å². The van der Waals surface area contributed by atoms with Crippen molar-refractivity contribution in [3.8, 4) is 0 Å². The molecule has 2 amide bonds. The van der Waals surface area contributed by atoms with Gasteiger partial charge in [0.25, 0.3) is 10.0 Å². The molecule has 0 unspecified atom stereocenters. The number of hydrogen-bond acceptors (Lipinski definition) is 6. The van der Waals surface area contributed by atoms with E-state index in [1.54, 1.807) is 4.72 Å². The number of amides is 2. The minimum atomic E-state index is -4.21. The Hall–Kier alpha value is -3.17. The molecule has 22 heavy (non-hydrogen) atoms. The van der Waals surface area contributed by atoms with Gasteiger partial charge in [-0.3, -0.25) is 5.32 Å². The lowest BCUT2D eigenvalue weighted by Gasteiger charge is -2.09. The van der Waals surface area contributed by atoms with Crippen molar-refractivity contribution in [2.45, 2.75) is 4.90 Å². The summed E-state index contributed by atoms with van der Waals surface area (Å²) >= 11 is 0. The monoisotopic (exact) mass is 319 g/mol. The minimum absolute atomic E-state index is 0.0569. The van der Waals surface area contributed by atoms with Crippen LogP contribution in [0.2, 0.25) is 0 Å². The Morgan fingerprint density at radius 3 is 2.55 bits per heavy atom. The van der Waals surface area contributed by atoms with Crippen LogP contribution in [0.1, 0.15) is 0 Å². The fourth-order valence-corrected chi connectivity index (χ4v) is 2.53. The molecule has 1 aromatic carbocycles. The van der Waals surface area contributed by atoms with E-state index in [1.165, 1.54) is 42.7 Å². The number of urea groups is 1. The van der Waals surface area contributed by atoms with Crippen LogP contribution >= 0.6 is 0 Å². The molecule has 0 aliphatic rings. The molecule has 0 atom stereocenters. The van der Waals surface area contributed by atoms with Gasteiger partial charge in [-0.25, -0.2) is 27.9 Å². The zero-order valence-electron chi connectivity index (χ0n) is 10.9. The molecule has 11 heteroatoms. The van der Waals surface area contributed by atoms with Crippen LogP contribution in [0.3, 0.4) is 0 Å². The van der Waals surface area contributed by atoms with Gasteiger partial charge in [-0.15, -0.1) is 0 Å². The van der Waals surface area contributed by atoms with Crippen molar-refractivity contribution in [2.24, 2.45) is 5.11 Å². The lowest BCUT2D eigenvalue weighted by Crippen LogP contribution is -2.34. The molecule has 1 heterocycles. The first kappa shape index (κ1) is 15.2. The maximum atomic E-state index is 12.1. The van der Waals surface area contributed by atoms with Gasteiger partial charge < -0.3 is 0 Å². The van der Waals surface area contributed by atoms with Crippen LogP contribution in [0.25, 0.3) is 10.4 Å². The normalized spacial score (nSPS) is 10.4. The summed E-state index contributed by atoms with van der Waals surface area (Å²) in [5.74, 6) is -0.0569. The molecular weight excluding hydrogens is 310 g/mol. The first-order valence-corrected chi connectivity index (χ1v) is 7.26. The number of azide groups is 1. The first-order valence-electron chi connectivity index (χ1n) is 5.78. The second-order valence-electron chi connectivity index (χ2n) is 3.79. The third kappa shape index (κ3) is 3.69. The molecule has 2 aromatic rings. The molecule has 2 N–H and O–H groups in total. The Morgan fingerprint density at radius 2 is 1.86 bits per heavy atom. The van der Waals surface area contributed by atoms with E-state index in [0.717, 1.165) is 0 Å². The molecule has 0 radical (unpaired) electrons. The predicted octanol–water partition coefficient (Wildman–Crippen LogP) is 1.93. The van der Waals surface area contributed by atoms with Gasteiger partial charge in [0.05, 0.1) is 10.6 Å². The largest absolute Gasteiger partial charge is 0.335 e. The Morgan fingerprint density at radius 1 is 1.18 bits per heavy atom. The van der Waals surface area contributed by atoms with E-state index in [2.05, 4.69) is 25.3 Å². The van der Waals surface area contributed by atoms with Crippen molar-refractivity contribution in [1.82, 2.24) is 14.7 Å². The second-order valence-corrected chi connectivity index (χ2v) is 5.44. The summed E-state index contributed by atoms with van der Waals surface area (Å²) in [6.07, 6.45) is 2.77. The number of sulfonamides is 1. The van der Waals surface area contributed by atoms with Gasteiger partial charge in [-0.05, 0) is 17.7 Å². The number of anilines is 1. The first-order chi connectivity index (χ1) is 10.5. The lowest BCUT2D eigenvalue weighted by molar-refractivity contribution is 0.256. The van der Waals surface area contributed by atoms with Crippen molar-refractivity contribution in [3.05, 3.63) is 53.2 Å². The molecular formula is C11H9N7O3S. The fourth-order valence-electron chi connectivity index (χ4n) is 1.48. The fraction of sp³-hybridized carbons (Fsp3) is 0. The second kappa shape index (κ2) is 6.52. The van der Waals surface area contributed by atoms with E-state index in [4.69, 9.17) is 5.53 Å². The maximum Gasteiger partial charge on any atom is 0.335 e. The van der Waals surface area contributed by atoms with Gasteiger partial charge in [0, 0.05) is 17.3 Å². The summed E-state index contributed by atoms with van der Waals surface area (Å²) in [6, 6.07) is 5.95. The molecule has 2 rings (SSSR count). The SMILES string of the molecule is [N-]=[N+]=Nc1ccccc1S(=O)(=O)NC(=O)Nc1ncccn1. The van der Waals surface area contributed by atoms with Crippen molar-refractivity contribution >= 4 is 27.7 Å². The van der Waals surface area contributed by atoms with E-state index < -0.39 is 16.1 Å². The number of carbonyl (C=O) groups excluding carboxylic acids is 1. The van der Waals surface area contributed by atoms with Gasteiger partial charge in [0.2, 0.25) is 5.95 Å². The predicted molar refractivity (Wildman–Crippen MR) is 76.6 cm³/mol. The van der Waals surface area contributed by atoms with E-state index in [9.17, 15) is 13.2 Å². The highest BCUT2D eigenvalue weighted by Gasteiger charge is 2.20. The smallest absolute Gasteiger partial charge is 0.275 e. The van der Waals surface area contributed by atoms with E-state index >= 15 is 0 Å². The van der Waals surface area contributed by atoms with Crippen LogP contribution in [0.5, 0.6) is 0 Å². The Labute approximate surface area is 124 Å². The zero-order chi connectivity index (χ0) is 16.0. The Bertz CT molecular complexity index is 832. The summed E-state index contributed by atoms with van der Waals surface area (Å²) in [5.41, 5.74) is 8.31. The molecule has 0 spiro atoms. The van der Waals surface area contributed by atoms with Crippen LogP contribution in [0, 0.1) is 0 Å². The van der Waals surface area contributed by atoms with Crippen molar-refractivity contribution in [3.63, 3.8) is 0 Å². The van der Waals surface area contributed by atoms with Crippen LogP contribution in [-0.2, 0) is 10.0 Å². The zero-order valence-corrected chi connectivity index (χ0v) is 11.7. The molecule has 0 aliphatic heterocycles. The minimum Gasteiger partial charge on any atom is -0.275 e. The van der Waals surface area contributed by atoms with Gasteiger partial charge in [-0.1, -0.05) is 23.3 Å². The van der Waals surface area contributed by atoms with Gasteiger partial charge >= 0.3 is 6.03 Å². The lowest BCUT2D eigenvalue weighted by atomic mass is 10.3. The quantitative estimate of drug-likeness (QED) is 0.501. The number of hydrogen-bond donors (Lipinski definition) is 2. The molecule has 0 bridgehead atoms. The topological polar surface area (TPSA) is 150 Å². The molecule has 0 aliphatic carbocycles. The molecule has 0 saturated heterocycles. The third-order valence-corrected chi connectivity index (χ3v) is 3.70. The molecule has 1 aromatic heterocycles. The summed E-state index contributed by atoms with van der Waals surface area (Å²) in [4.78, 5) is 21.4. The van der Waals surface area contributed by atoms with Crippen LogP contribution in [0.4, 0.5) is 16.4 Å². The summed E-state index contributed by atoms with van der Waals surface area (Å²) in [6.45, 7) is 0. The summed E-state index contributed by atoms with van der Waals surface area (Å²) in [7, 11) is -4.21. The van der Waals surface area contributed by atoms with Gasteiger partial charge in [0.1, 0.15) is 0 Å². The van der Waals surface area contributed by atoms with E-state index in [1.807, 2.05) is 0 Å². The van der Waals surface area contributed by atoms with Crippen molar-refractivity contribution < 1.29 is 13.2 Å². The maximum absolute atomic E-state index is 12.1. The van der Waals surface area contributed by atoms with Crippen LogP contribution in [-0.4, -0.2) is 24.4 Å². The Balaban J connectivity index is 2.21. The van der Waals surface area contributed by atoms with Crippen LogP contribution < -0.4 is 10.0 Å². The number of carbonyl (C=O) groups is 1. The highest BCUT2D eigenvalue weighted by molar-refractivity contribution is 7.90. The standard InChI is InChI=1S/C11H9N7O3S/c12-18-16-8-4-1-2-5-9(8)22(20,21)17-11(19)15-10-13-6-3-7-14-10/h1-7H,(H2,13,14,15,17,19). The van der Waals surface area contributed by atoms with E-state index in [-0.39, 0.29) is 16.5 Å². The average molecular weight is 319 g/mol. The van der Waals surface area contributed by atoms with Crippen molar-refractivity contribution in [2.75, 3.05) is 5.32 Å². The van der Waals surface area contributed by atoms with Crippen LogP contribution in [0.15, 0.2) is 52.7 Å². The summed E-state index contributed by atoms with van der Waals surface area (Å²) in [5, 5.41) is 5.43. The molecule has 10 nitrogen and oxygen atoms in total. The Kier molecular flexibility index (Phi) is 4.51. The average Bonchev–Trinajstić information content (AvgIpc) is 2.48. The number of benzene rings is 1. The van der Waals surface area contributed by atoms with Gasteiger partial charge in [-0.2, -0.15) is 0 Å². The van der Waals surface area contributed by atoms with Crippen molar-refractivity contribution in [1.29, 1.82) is 0 Å². The molecule has 0 saturated carbocycles. The third-order valence-electron chi connectivity index (χ3n) is 2.33.